The molecule has 2 aliphatic rings. The van der Waals surface area contributed by atoms with Crippen LogP contribution in [0.15, 0.2) is 18.2 Å². The third-order valence-electron chi connectivity index (χ3n) is 3.63. The molecule has 0 bridgehead atoms. The van der Waals surface area contributed by atoms with E-state index in [1.54, 1.807) is 0 Å². The van der Waals surface area contributed by atoms with Crippen LogP contribution in [0.5, 0.6) is 5.75 Å². The van der Waals surface area contributed by atoms with Gasteiger partial charge in [-0.1, -0.05) is 0 Å². The lowest BCUT2D eigenvalue weighted by Crippen LogP contribution is -2.48. The molecule has 5 heteroatoms. The standard InChI is InChI=1S/C14H18N2O3/c15-8-12-9-16(4-6-18-12)14(17)11-1-2-13-10(7-11)3-5-19-13/h1-2,7,12H,3-6,8-9,15H2. The molecular formula is C14H18N2O3. The first kappa shape index (κ1) is 12.4. The van der Waals surface area contributed by atoms with Crippen LogP contribution in [0.25, 0.3) is 0 Å². The fourth-order valence-corrected chi connectivity index (χ4v) is 2.55. The maximum atomic E-state index is 12.4. The van der Waals surface area contributed by atoms with Crippen LogP contribution in [0.1, 0.15) is 15.9 Å². The molecule has 3 rings (SSSR count). The summed E-state index contributed by atoms with van der Waals surface area (Å²) >= 11 is 0. The minimum Gasteiger partial charge on any atom is -0.493 e. The normalized spacial score (nSPS) is 21.9. The Hall–Kier alpha value is -1.59. The van der Waals surface area contributed by atoms with Crippen molar-refractivity contribution in [2.24, 2.45) is 5.73 Å². The minimum atomic E-state index is -0.0459. The van der Waals surface area contributed by atoms with Crippen molar-refractivity contribution in [3.63, 3.8) is 0 Å². The van der Waals surface area contributed by atoms with Gasteiger partial charge in [-0.2, -0.15) is 0 Å². The average molecular weight is 262 g/mol. The lowest BCUT2D eigenvalue weighted by atomic mass is 10.1. The summed E-state index contributed by atoms with van der Waals surface area (Å²) < 4.78 is 10.9. The van der Waals surface area contributed by atoms with E-state index in [0.29, 0.717) is 32.8 Å². The monoisotopic (exact) mass is 262 g/mol. The van der Waals surface area contributed by atoms with Crippen molar-refractivity contribution >= 4 is 5.91 Å². The van der Waals surface area contributed by atoms with Crippen molar-refractivity contribution in [3.8, 4) is 5.75 Å². The molecule has 0 radical (unpaired) electrons. The van der Waals surface area contributed by atoms with Gasteiger partial charge in [0, 0.05) is 31.6 Å². The van der Waals surface area contributed by atoms with E-state index >= 15 is 0 Å². The lowest BCUT2D eigenvalue weighted by molar-refractivity contribution is -0.0167. The van der Waals surface area contributed by atoms with Crippen LogP contribution in [-0.2, 0) is 11.2 Å². The highest BCUT2D eigenvalue weighted by molar-refractivity contribution is 5.94. The van der Waals surface area contributed by atoms with E-state index in [2.05, 4.69) is 0 Å². The van der Waals surface area contributed by atoms with Crippen molar-refractivity contribution < 1.29 is 14.3 Å². The molecule has 1 saturated heterocycles. The maximum Gasteiger partial charge on any atom is 0.254 e. The van der Waals surface area contributed by atoms with Gasteiger partial charge in [0.25, 0.3) is 5.91 Å². The molecule has 102 valence electrons. The molecule has 5 nitrogen and oxygen atoms in total. The minimum absolute atomic E-state index is 0.0459. The van der Waals surface area contributed by atoms with Crippen LogP contribution in [0.3, 0.4) is 0 Å². The highest BCUT2D eigenvalue weighted by Gasteiger charge is 2.25. The Morgan fingerprint density at radius 3 is 3.16 bits per heavy atom. The number of fused-ring (bicyclic) bond motifs is 1. The van der Waals surface area contributed by atoms with E-state index < -0.39 is 0 Å². The second-order valence-corrected chi connectivity index (χ2v) is 4.90. The number of nitrogens with two attached hydrogens (primary N) is 1. The zero-order chi connectivity index (χ0) is 13.2. The van der Waals surface area contributed by atoms with Crippen molar-refractivity contribution in [2.75, 3.05) is 32.8 Å². The zero-order valence-corrected chi connectivity index (χ0v) is 10.8. The van der Waals surface area contributed by atoms with E-state index in [4.69, 9.17) is 15.2 Å². The summed E-state index contributed by atoms with van der Waals surface area (Å²) in [6, 6.07) is 5.66. The number of carbonyl (C=O) groups excluding carboxylic acids is 1. The van der Waals surface area contributed by atoms with Crippen molar-refractivity contribution in [2.45, 2.75) is 12.5 Å². The average Bonchev–Trinajstić information content (AvgIpc) is 2.94. The van der Waals surface area contributed by atoms with Crippen molar-refractivity contribution in [1.29, 1.82) is 0 Å². The number of amides is 1. The van der Waals surface area contributed by atoms with E-state index in [0.717, 1.165) is 23.3 Å². The topological polar surface area (TPSA) is 64.8 Å². The number of hydrogen-bond acceptors (Lipinski definition) is 4. The van der Waals surface area contributed by atoms with Crippen molar-refractivity contribution in [3.05, 3.63) is 29.3 Å². The molecule has 0 aliphatic carbocycles. The third kappa shape index (κ3) is 2.43. The molecule has 2 heterocycles. The predicted molar refractivity (Wildman–Crippen MR) is 70.3 cm³/mol. The maximum absolute atomic E-state index is 12.4. The molecular weight excluding hydrogens is 244 g/mol. The second-order valence-electron chi connectivity index (χ2n) is 4.90. The van der Waals surface area contributed by atoms with Crippen LogP contribution in [-0.4, -0.2) is 49.8 Å². The van der Waals surface area contributed by atoms with Gasteiger partial charge in [0.15, 0.2) is 0 Å². The molecule has 19 heavy (non-hydrogen) atoms. The molecule has 0 spiro atoms. The van der Waals surface area contributed by atoms with E-state index in [1.165, 1.54) is 0 Å². The predicted octanol–water partition coefficient (Wildman–Crippen LogP) is 0.421. The number of benzene rings is 1. The highest BCUT2D eigenvalue weighted by atomic mass is 16.5. The fraction of sp³-hybridized carbons (Fsp3) is 0.500. The van der Waals surface area contributed by atoms with Gasteiger partial charge in [0.1, 0.15) is 5.75 Å². The Labute approximate surface area is 112 Å². The molecule has 2 aliphatic heterocycles. The quantitative estimate of drug-likeness (QED) is 0.839. The van der Waals surface area contributed by atoms with Gasteiger partial charge in [-0.25, -0.2) is 0 Å². The number of rotatable bonds is 2. The second kappa shape index (κ2) is 5.19. The summed E-state index contributed by atoms with van der Waals surface area (Å²) in [5, 5.41) is 0. The first-order valence-electron chi connectivity index (χ1n) is 6.64. The molecule has 0 aromatic heterocycles. The Balaban J connectivity index is 1.76. The smallest absolute Gasteiger partial charge is 0.254 e. The van der Waals surface area contributed by atoms with Crippen LogP contribution >= 0.6 is 0 Å². The molecule has 1 aromatic carbocycles. The Kier molecular flexibility index (Phi) is 3.40. The van der Waals surface area contributed by atoms with Crippen LogP contribution < -0.4 is 10.5 Å². The number of ether oxygens (including phenoxy) is 2. The van der Waals surface area contributed by atoms with Crippen LogP contribution in [0.4, 0.5) is 0 Å². The van der Waals surface area contributed by atoms with Gasteiger partial charge in [-0.3, -0.25) is 4.79 Å². The number of carbonyl (C=O) groups is 1. The number of morpholine rings is 1. The summed E-state index contributed by atoms with van der Waals surface area (Å²) in [6.07, 6.45) is 0.834. The molecule has 1 atom stereocenters. The molecule has 0 saturated carbocycles. The number of nitrogens with zero attached hydrogens (tertiary/aromatic N) is 1. The number of hydrogen-bond donors (Lipinski definition) is 1. The molecule has 1 aromatic rings. The third-order valence-corrected chi connectivity index (χ3v) is 3.63. The van der Waals surface area contributed by atoms with Gasteiger partial charge in [-0.05, 0) is 23.8 Å². The van der Waals surface area contributed by atoms with E-state index in [9.17, 15) is 4.79 Å². The summed E-state index contributed by atoms with van der Waals surface area (Å²) in [5.41, 5.74) is 7.44. The molecule has 1 unspecified atom stereocenters. The van der Waals surface area contributed by atoms with Gasteiger partial charge >= 0.3 is 0 Å². The Bertz CT molecular complexity index is 490. The first-order chi connectivity index (χ1) is 9.28. The summed E-state index contributed by atoms with van der Waals surface area (Å²) in [4.78, 5) is 14.3. The van der Waals surface area contributed by atoms with Gasteiger partial charge in [-0.15, -0.1) is 0 Å². The van der Waals surface area contributed by atoms with Crippen LogP contribution in [0, 0.1) is 0 Å². The van der Waals surface area contributed by atoms with E-state index in [-0.39, 0.29) is 12.0 Å². The summed E-state index contributed by atoms with van der Waals surface area (Å²) in [7, 11) is 0. The SMILES string of the molecule is NCC1CN(C(=O)c2ccc3c(c2)CCO3)CCO1. The van der Waals surface area contributed by atoms with Gasteiger partial charge in [0.2, 0.25) is 0 Å². The van der Waals surface area contributed by atoms with Gasteiger partial charge < -0.3 is 20.1 Å². The summed E-state index contributed by atoms with van der Waals surface area (Å²) in [5.74, 6) is 0.954. The zero-order valence-electron chi connectivity index (χ0n) is 10.8. The highest BCUT2D eigenvalue weighted by Crippen LogP contribution is 2.26. The Morgan fingerprint density at radius 2 is 2.32 bits per heavy atom. The Morgan fingerprint density at radius 1 is 1.42 bits per heavy atom. The molecule has 2 N–H and O–H groups in total. The van der Waals surface area contributed by atoms with Crippen molar-refractivity contribution in [1.82, 2.24) is 4.90 Å². The van der Waals surface area contributed by atoms with E-state index in [1.807, 2.05) is 23.1 Å². The fourth-order valence-electron chi connectivity index (χ4n) is 2.55. The van der Waals surface area contributed by atoms with Gasteiger partial charge in [0.05, 0.1) is 19.3 Å². The largest absolute Gasteiger partial charge is 0.493 e. The molecule has 1 amide bonds. The first-order valence-corrected chi connectivity index (χ1v) is 6.64. The lowest BCUT2D eigenvalue weighted by Gasteiger charge is -2.32. The van der Waals surface area contributed by atoms with Crippen LogP contribution in [0.2, 0.25) is 0 Å². The summed E-state index contributed by atoms with van der Waals surface area (Å²) in [6.45, 7) is 2.91. The molecule has 1 fully saturated rings.